The third-order valence-corrected chi connectivity index (χ3v) is 5.23. The molecule has 2 N–H and O–H groups in total. The second kappa shape index (κ2) is 6.52. The van der Waals surface area contributed by atoms with Crippen molar-refractivity contribution < 1.29 is 9.53 Å². The van der Waals surface area contributed by atoms with Gasteiger partial charge in [-0.2, -0.15) is 0 Å². The van der Waals surface area contributed by atoms with E-state index in [4.69, 9.17) is 4.74 Å². The molecule has 1 aliphatic carbocycles. The average Bonchev–Trinajstić information content (AvgIpc) is 3.28. The highest BCUT2D eigenvalue weighted by atomic mass is 16.5. The lowest BCUT2D eigenvalue weighted by atomic mass is 10.1. The Bertz CT molecular complexity index is 936. The summed E-state index contributed by atoms with van der Waals surface area (Å²) < 4.78 is 5.93. The Labute approximate surface area is 153 Å². The monoisotopic (exact) mass is 348 g/mol. The van der Waals surface area contributed by atoms with E-state index in [0.29, 0.717) is 6.61 Å². The van der Waals surface area contributed by atoms with Crippen LogP contribution < -0.4 is 10.1 Å². The SMILES string of the molecule is Cc1ccc(CCOc2ccc3[nH]cc(NC(=O)C4(C)CC4)c3c2)cc1. The van der Waals surface area contributed by atoms with Crippen LogP contribution in [0, 0.1) is 12.3 Å². The second-order valence-corrected chi connectivity index (χ2v) is 7.51. The van der Waals surface area contributed by atoms with E-state index in [1.54, 1.807) is 0 Å². The number of rotatable bonds is 6. The number of amides is 1. The van der Waals surface area contributed by atoms with Gasteiger partial charge < -0.3 is 15.0 Å². The number of H-pyrrole nitrogens is 1. The Morgan fingerprint density at radius 1 is 1.19 bits per heavy atom. The molecule has 4 heteroatoms. The van der Waals surface area contributed by atoms with Gasteiger partial charge in [0.05, 0.1) is 12.3 Å². The standard InChI is InChI=1S/C22H24N2O2/c1-15-3-5-16(6-4-15)9-12-26-17-7-8-19-18(13-17)20(14-23-19)24-21(25)22(2)10-11-22/h3-8,13-14,23H,9-12H2,1-2H3,(H,24,25). The molecule has 1 fully saturated rings. The first kappa shape index (κ1) is 16.7. The quantitative estimate of drug-likeness (QED) is 0.670. The number of aryl methyl sites for hydroxylation is 1. The van der Waals surface area contributed by atoms with Crippen LogP contribution in [-0.4, -0.2) is 17.5 Å². The summed E-state index contributed by atoms with van der Waals surface area (Å²) in [6.07, 6.45) is 4.65. The first-order valence-corrected chi connectivity index (χ1v) is 9.14. The number of carbonyl (C=O) groups is 1. The Morgan fingerprint density at radius 3 is 2.69 bits per heavy atom. The van der Waals surface area contributed by atoms with Gasteiger partial charge in [0.2, 0.25) is 5.91 Å². The zero-order chi connectivity index (χ0) is 18.1. The summed E-state index contributed by atoms with van der Waals surface area (Å²) in [5, 5.41) is 4.04. The first-order valence-electron chi connectivity index (χ1n) is 9.14. The van der Waals surface area contributed by atoms with Crippen LogP contribution >= 0.6 is 0 Å². The van der Waals surface area contributed by atoms with Crippen molar-refractivity contribution in [1.29, 1.82) is 0 Å². The zero-order valence-corrected chi connectivity index (χ0v) is 15.3. The van der Waals surface area contributed by atoms with Gasteiger partial charge in [0, 0.05) is 28.9 Å². The molecule has 0 spiro atoms. The van der Waals surface area contributed by atoms with E-state index in [0.717, 1.165) is 41.6 Å². The Hall–Kier alpha value is -2.75. The molecule has 1 aromatic heterocycles. The molecule has 4 nitrogen and oxygen atoms in total. The van der Waals surface area contributed by atoms with E-state index < -0.39 is 0 Å². The minimum atomic E-state index is -0.189. The third kappa shape index (κ3) is 3.45. The minimum absolute atomic E-state index is 0.101. The van der Waals surface area contributed by atoms with E-state index in [1.165, 1.54) is 11.1 Å². The van der Waals surface area contributed by atoms with Crippen LogP contribution in [0.25, 0.3) is 10.9 Å². The molecule has 1 amide bonds. The molecule has 0 radical (unpaired) electrons. The van der Waals surface area contributed by atoms with Crippen LogP contribution in [0.15, 0.2) is 48.7 Å². The maximum atomic E-state index is 12.3. The molecule has 1 heterocycles. The van der Waals surface area contributed by atoms with Crippen LogP contribution in [0.1, 0.15) is 30.9 Å². The highest BCUT2D eigenvalue weighted by molar-refractivity contribution is 6.04. The number of hydrogen-bond acceptors (Lipinski definition) is 2. The molecular formula is C22H24N2O2. The van der Waals surface area contributed by atoms with E-state index in [9.17, 15) is 4.79 Å². The van der Waals surface area contributed by atoms with Crippen molar-refractivity contribution in [3.05, 3.63) is 59.8 Å². The Balaban J connectivity index is 1.43. The van der Waals surface area contributed by atoms with Gasteiger partial charge in [-0.1, -0.05) is 36.8 Å². The van der Waals surface area contributed by atoms with Gasteiger partial charge >= 0.3 is 0 Å². The van der Waals surface area contributed by atoms with Crippen molar-refractivity contribution in [3.63, 3.8) is 0 Å². The van der Waals surface area contributed by atoms with Crippen molar-refractivity contribution in [2.45, 2.75) is 33.1 Å². The third-order valence-electron chi connectivity index (χ3n) is 5.23. The molecule has 2 aromatic carbocycles. The van der Waals surface area contributed by atoms with Gasteiger partial charge in [-0.05, 0) is 43.5 Å². The smallest absolute Gasteiger partial charge is 0.230 e. The fourth-order valence-electron chi connectivity index (χ4n) is 3.02. The van der Waals surface area contributed by atoms with E-state index in [-0.39, 0.29) is 11.3 Å². The molecule has 0 saturated heterocycles. The molecule has 0 aliphatic heterocycles. The lowest BCUT2D eigenvalue weighted by molar-refractivity contribution is -0.120. The maximum Gasteiger partial charge on any atom is 0.230 e. The summed E-state index contributed by atoms with van der Waals surface area (Å²) in [6.45, 7) is 4.72. The number of benzene rings is 2. The Morgan fingerprint density at radius 2 is 1.96 bits per heavy atom. The molecule has 0 unspecified atom stereocenters. The van der Waals surface area contributed by atoms with Gasteiger partial charge in [-0.15, -0.1) is 0 Å². The summed E-state index contributed by atoms with van der Waals surface area (Å²) in [6, 6.07) is 14.5. The largest absolute Gasteiger partial charge is 0.493 e. The van der Waals surface area contributed by atoms with Crippen molar-refractivity contribution in [3.8, 4) is 5.75 Å². The molecule has 0 atom stereocenters. The lowest BCUT2D eigenvalue weighted by Crippen LogP contribution is -2.21. The summed E-state index contributed by atoms with van der Waals surface area (Å²) in [7, 11) is 0. The number of nitrogens with one attached hydrogen (secondary N) is 2. The predicted molar refractivity (Wildman–Crippen MR) is 105 cm³/mol. The number of aromatic nitrogens is 1. The van der Waals surface area contributed by atoms with Gasteiger partial charge in [0.15, 0.2) is 0 Å². The van der Waals surface area contributed by atoms with Crippen LogP contribution in [0.4, 0.5) is 5.69 Å². The highest BCUT2D eigenvalue weighted by Crippen LogP contribution is 2.46. The molecular weight excluding hydrogens is 324 g/mol. The number of ether oxygens (including phenoxy) is 1. The molecule has 134 valence electrons. The number of anilines is 1. The van der Waals surface area contributed by atoms with Gasteiger partial charge in [0.1, 0.15) is 5.75 Å². The van der Waals surface area contributed by atoms with Crippen molar-refractivity contribution >= 4 is 22.5 Å². The zero-order valence-electron chi connectivity index (χ0n) is 15.3. The Kier molecular flexibility index (Phi) is 4.19. The summed E-state index contributed by atoms with van der Waals surface area (Å²) in [5.41, 5.74) is 4.16. The number of fused-ring (bicyclic) bond motifs is 1. The van der Waals surface area contributed by atoms with E-state index in [2.05, 4.69) is 41.5 Å². The molecule has 26 heavy (non-hydrogen) atoms. The highest BCUT2D eigenvalue weighted by Gasteiger charge is 2.44. The average molecular weight is 348 g/mol. The number of aromatic amines is 1. The molecule has 1 saturated carbocycles. The fourth-order valence-corrected chi connectivity index (χ4v) is 3.02. The number of hydrogen-bond donors (Lipinski definition) is 2. The first-order chi connectivity index (χ1) is 12.5. The second-order valence-electron chi connectivity index (χ2n) is 7.51. The maximum absolute atomic E-state index is 12.3. The van der Waals surface area contributed by atoms with Crippen LogP contribution in [0.2, 0.25) is 0 Å². The van der Waals surface area contributed by atoms with Crippen molar-refractivity contribution in [1.82, 2.24) is 4.98 Å². The van der Waals surface area contributed by atoms with Gasteiger partial charge in [-0.25, -0.2) is 0 Å². The van der Waals surface area contributed by atoms with E-state index in [1.807, 2.05) is 31.3 Å². The van der Waals surface area contributed by atoms with Gasteiger partial charge in [0.25, 0.3) is 0 Å². The van der Waals surface area contributed by atoms with Crippen LogP contribution in [0.5, 0.6) is 5.75 Å². The van der Waals surface area contributed by atoms with Gasteiger partial charge in [-0.3, -0.25) is 4.79 Å². The fraction of sp³-hybridized carbons (Fsp3) is 0.318. The molecule has 3 aromatic rings. The summed E-state index contributed by atoms with van der Waals surface area (Å²) >= 11 is 0. The molecule has 0 bridgehead atoms. The normalized spacial score (nSPS) is 15.0. The minimum Gasteiger partial charge on any atom is -0.493 e. The summed E-state index contributed by atoms with van der Waals surface area (Å²) in [5.74, 6) is 0.918. The van der Waals surface area contributed by atoms with Crippen molar-refractivity contribution in [2.75, 3.05) is 11.9 Å². The predicted octanol–water partition coefficient (Wildman–Crippen LogP) is 4.84. The van der Waals surface area contributed by atoms with Crippen molar-refractivity contribution in [2.24, 2.45) is 5.41 Å². The topological polar surface area (TPSA) is 54.1 Å². The number of carbonyl (C=O) groups excluding carboxylic acids is 1. The molecule has 4 rings (SSSR count). The molecule has 1 aliphatic rings. The lowest BCUT2D eigenvalue weighted by Gasteiger charge is -2.10. The van der Waals surface area contributed by atoms with Crippen LogP contribution in [-0.2, 0) is 11.2 Å². The van der Waals surface area contributed by atoms with Crippen LogP contribution in [0.3, 0.4) is 0 Å². The van der Waals surface area contributed by atoms with E-state index >= 15 is 0 Å². The summed E-state index contributed by atoms with van der Waals surface area (Å²) in [4.78, 5) is 15.5.